The van der Waals surface area contributed by atoms with Crippen molar-refractivity contribution in [3.8, 4) is 0 Å². The van der Waals surface area contributed by atoms with Crippen molar-refractivity contribution in [1.29, 1.82) is 0 Å². The second-order valence-electron chi connectivity index (χ2n) is 18.9. The molecule has 0 aromatic rings. The molecular weight excluding hydrogens is 1060 g/mol. The Kier molecular flexibility index (Phi) is 24.7. The minimum Gasteiger partial charge on any atom is -0.394 e. The highest BCUT2D eigenvalue weighted by atomic mass is 16.8. The Balaban J connectivity index is 1.32. The molecule has 21 atom stereocenters. The third kappa shape index (κ3) is 16.6. The summed E-state index contributed by atoms with van der Waals surface area (Å²) in [6, 6.07) is -1.69. The van der Waals surface area contributed by atoms with Gasteiger partial charge in [-0.2, -0.15) is 0 Å². The van der Waals surface area contributed by atoms with E-state index in [1.807, 2.05) is 0 Å². The fraction of sp³-hybridized carbons (Fsp3) is 0.841. The SMILES string of the molecule is C[C@@H]1O[C@@H](OCCNC(=O)CCCC(=O)N(CCO[C@H]2O[C@H](CO[C@H]3O[C@H](CO)[C@@H](O)[C@H](O)[C@@H]3O)[C@@H](O)[C@H](O[C@H]3O[C@H](CO)[C@@H](O)[C@H](O)[C@@H]3O)[C@@H]2O)[C@@H](CCC(N)=O)C(=O)NCC(=O)ON2C(=O)CCC2=O)[C@@H](O)[C@H](O)[C@@H]1O. The van der Waals surface area contributed by atoms with Crippen molar-refractivity contribution in [2.24, 2.45) is 5.73 Å². The first-order valence-corrected chi connectivity index (χ1v) is 24.9. The van der Waals surface area contributed by atoms with Crippen LogP contribution < -0.4 is 16.4 Å². The number of aliphatic hydroxyl groups is 13. The highest BCUT2D eigenvalue weighted by molar-refractivity contribution is 6.01. The number of carbonyl (C=O) groups is 7. The third-order valence-corrected chi connectivity index (χ3v) is 13.2. The van der Waals surface area contributed by atoms with Gasteiger partial charge in [0.1, 0.15) is 104 Å². The number of ether oxygens (including phenoxy) is 8. The molecule has 0 aliphatic carbocycles. The number of hydrogen-bond acceptors (Lipinski definition) is 29. The van der Waals surface area contributed by atoms with Gasteiger partial charge in [0.2, 0.25) is 23.6 Å². The molecule has 0 aromatic carbocycles. The molecule has 5 saturated heterocycles. The summed E-state index contributed by atoms with van der Waals surface area (Å²) in [5.74, 6) is -6.50. The molecule has 5 aliphatic heterocycles. The first kappa shape index (κ1) is 64.5. The van der Waals surface area contributed by atoms with Crippen LogP contribution in [-0.2, 0) is 76.3 Å². The van der Waals surface area contributed by atoms with Crippen molar-refractivity contribution in [1.82, 2.24) is 20.6 Å². The first-order valence-electron chi connectivity index (χ1n) is 24.9. The quantitative estimate of drug-likeness (QED) is 0.0268. The molecule has 17 N–H and O–H groups in total. The van der Waals surface area contributed by atoms with Gasteiger partial charge in [0.25, 0.3) is 11.8 Å². The smallest absolute Gasteiger partial charge is 0.352 e. The van der Waals surface area contributed by atoms with Gasteiger partial charge in [-0.25, -0.2) is 4.79 Å². The van der Waals surface area contributed by atoms with E-state index in [-0.39, 0.29) is 43.9 Å². The van der Waals surface area contributed by atoms with Crippen molar-refractivity contribution < 1.29 is 143 Å². The van der Waals surface area contributed by atoms with Crippen LogP contribution in [0.25, 0.3) is 0 Å². The predicted molar refractivity (Wildman–Crippen MR) is 244 cm³/mol. The molecule has 0 aromatic heterocycles. The summed E-state index contributed by atoms with van der Waals surface area (Å²) in [6.07, 6.45) is -37.4. The van der Waals surface area contributed by atoms with E-state index in [4.69, 9.17) is 48.5 Å². The molecule has 34 nitrogen and oxygen atoms in total. The molecule has 0 saturated carbocycles. The Bertz CT molecular complexity index is 1990. The van der Waals surface area contributed by atoms with Crippen molar-refractivity contribution in [2.75, 3.05) is 52.7 Å². The highest BCUT2D eigenvalue weighted by Crippen LogP contribution is 2.31. The number of rotatable bonds is 27. The van der Waals surface area contributed by atoms with Crippen LogP contribution in [0.2, 0.25) is 0 Å². The topological polar surface area (TPSA) is 522 Å². The number of hydroxylamine groups is 2. The predicted octanol–water partition coefficient (Wildman–Crippen LogP) is -11.2. The molecule has 34 heteroatoms. The van der Waals surface area contributed by atoms with Gasteiger partial charge in [-0.15, -0.1) is 5.06 Å². The summed E-state index contributed by atoms with van der Waals surface area (Å²) in [4.78, 5) is 95.2. The van der Waals surface area contributed by atoms with E-state index in [1.165, 1.54) is 6.92 Å². The molecule has 0 radical (unpaired) electrons. The van der Waals surface area contributed by atoms with E-state index in [1.54, 1.807) is 0 Å². The van der Waals surface area contributed by atoms with Crippen molar-refractivity contribution in [3.63, 3.8) is 0 Å². The molecule has 5 heterocycles. The average Bonchev–Trinajstić information content (AvgIpc) is 3.75. The summed E-state index contributed by atoms with van der Waals surface area (Å²) in [5.41, 5.74) is 5.41. The normalized spacial score (nSPS) is 36.7. The highest BCUT2D eigenvalue weighted by Gasteiger charge is 2.52. The van der Waals surface area contributed by atoms with Crippen LogP contribution >= 0.6 is 0 Å². The Morgan fingerprint density at radius 3 is 1.78 bits per heavy atom. The zero-order valence-corrected chi connectivity index (χ0v) is 42.0. The lowest BCUT2D eigenvalue weighted by Crippen LogP contribution is -2.65. The lowest BCUT2D eigenvalue weighted by Gasteiger charge is -2.46. The summed E-state index contributed by atoms with van der Waals surface area (Å²) in [7, 11) is 0. The number of nitrogens with zero attached hydrogens (tertiary/aromatic N) is 2. The van der Waals surface area contributed by atoms with Crippen LogP contribution in [0.1, 0.15) is 51.9 Å². The zero-order chi connectivity index (χ0) is 57.7. The number of imide groups is 1. The van der Waals surface area contributed by atoms with Gasteiger partial charge in [-0.05, 0) is 19.8 Å². The summed E-state index contributed by atoms with van der Waals surface area (Å²) < 4.78 is 44.4. The van der Waals surface area contributed by atoms with Crippen LogP contribution in [0.4, 0.5) is 0 Å². The van der Waals surface area contributed by atoms with Crippen LogP contribution in [-0.4, -0.2) is 299 Å². The molecule has 78 heavy (non-hydrogen) atoms. The minimum atomic E-state index is -2.12. The fourth-order valence-electron chi connectivity index (χ4n) is 8.71. The Hall–Kier alpha value is -4.35. The third-order valence-electron chi connectivity index (χ3n) is 13.2. The van der Waals surface area contributed by atoms with Gasteiger partial charge >= 0.3 is 5.97 Å². The molecule has 5 fully saturated rings. The Morgan fingerprint density at radius 2 is 1.18 bits per heavy atom. The number of primary amides is 1. The second-order valence-corrected chi connectivity index (χ2v) is 18.9. The zero-order valence-electron chi connectivity index (χ0n) is 42.0. The maximum Gasteiger partial charge on any atom is 0.352 e. The molecular formula is C44H71N5O29. The average molecular weight is 1130 g/mol. The lowest BCUT2D eigenvalue weighted by molar-refractivity contribution is -0.366. The second kappa shape index (κ2) is 29.9. The van der Waals surface area contributed by atoms with Crippen LogP contribution in [0.15, 0.2) is 0 Å². The number of amides is 6. The summed E-state index contributed by atoms with van der Waals surface area (Å²) >= 11 is 0. The van der Waals surface area contributed by atoms with E-state index >= 15 is 0 Å². The lowest BCUT2D eigenvalue weighted by atomic mass is 9.96. The monoisotopic (exact) mass is 1130 g/mol. The van der Waals surface area contributed by atoms with Gasteiger partial charge in [0.05, 0.1) is 39.1 Å². The largest absolute Gasteiger partial charge is 0.394 e. The molecule has 5 aliphatic rings. The van der Waals surface area contributed by atoms with Crippen molar-refractivity contribution in [2.45, 2.75) is 181 Å². The molecule has 5 rings (SSSR count). The minimum absolute atomic E-state index is 0.144. The molecule has 0 unspecified atom stereocenters. The maximum atomic E-state index is 14.1. The molecule has 0 bridgehead atoms. The molecule has 0 spiro atoms. The van der Waals surface area contributed by atoms with Gasteiger partial charge in [0, 0.05) is 45.2 Å². The number of nitrogens with one attached hydrogen (secondary N) is 2. The van der Waals surface area contributed by atoms with Crippen LogP contribution in [0.5, 0.6) is 0 Å². The van der Waals surface area contributed by atoms with Crippen molar-refractivity contribution in [3.05, 3.63) is 0 Å². The van der Waals surface area contributed by atoms with Gasteiger partial charge in [-0.3, -0.25) is 28.8 Å². The summed E-state index contributed by atoms with van der Waals surface area (Å²) in [6.45, 7) is -3.88. The van der Waals surface area contributed by atoms with Crippen molar-refractivity contribution >= 4 is 41.4 Å². The van der Waals surface area contributed by atoms with E-state index in [0.29, 0.717) is 0 Å². The van der Waals surface area contributed by atoms with Crippen LogP contribution in [0, 0.1) is 0 Å². The van der Waals surface area contributed by atoms with E-state index in [0.717, 1.165) is 4.90 Å². The van der Waals surface area contributed by atoms with Crippen LogP contribution in [0.3, 0.4) is 0 Å². The van der Waals surface area contributed by atoms with E-state index in [2.05, 4.69) is 10.6 Å². The van der Waals surface area contributed by atoms with Gasteiger partial charge < -0.3 is 130 Å². The number of aliphatic hydroxyl groups excluding tert-OH is 13. The number of nitrogens with two attached hydrogens (primary N) is 1. The van der Waals surface area contributed by atoms with Gasteiger partial charge in [-0.1, -0.05) is 0 Å². The molecule has 446 valence electrons. The first-order chi connectivity index (χ1) is 36.9. The Labute approximate surface area is 443 Å². The van der Waals surface area contributed by atoms with E-state index < -0.39 is 229 Å². The molecule has 6 amide bonds. The number of hydrogen-bond donors (Lipinski definition) is 16. The Morgan fingerprint density at radius 1 is 0.641 bits per heavy atom. The number of carbonyl (C=O) groups excluding carboxylic acids is 7. The fourth-order valence-corrected chi connectivity index (χ4v) is 8.71. The van der Waals surface area contributed by atoms with Gasteiger partial charge in [0.15, 0.2) is 25.2 Å². The van der Waals surface area contributed by atoms with E-state index in [9.17, 15) is 99.9 Å². The standard InChI is InChI=1S/C44H71N5O29/c1-17-28(58)32(62)35(65)41(73-17)70-11-9-46-23(53)3-2-4-24(54)48(18(5-6-22(45)52)40(69)47-13-27(57)78-49-25(55)7-8-26(49)56)10-12-71-43-38(68)39(77-44-37(67)34(64)30(60)20(15-51)75-44)31(61)21(76-43)16-72-42-36(66)33(63)29(59)19(14-50)74-42/h17-21,28-39,41-44,50-51,58-68H,2-16H2,1H3,(H2,45,52)(H,46,53)(H,47,69)/t17-,18-,19+,20+,21+,28+,29+,30+,31+,32+,33-,34-,35-,36-,37-,38-,39-,41+,42-,43-,44+/m0/s1. The summed E-state index contributed by atoms with van der Waals surface area (Å²) in [5, 5.41) is 140. The maximum absolute atomic E-state index is 14.1.